The van der Waals surface area contributed by atoms with Gasteiger partial charge in [-0.25, -0.2) is 4.99 Å². The number of rotatable bonds is 7. The summed E-state index contributed by atoms with van der Waals surface area (Å²) >= 11 is 0. The average Bonchev–Trinajstić information content (AvgIpc) is 2.60. The van der Waals surface area contributed by atoms with Crippen molar-refractivity contribution in [3.8, 4) is 5.75 Å². The number of likely N-dealkylation sites (N-methyl/N-ethyl adjacent to an activating group) is 2. The molecule has 1 saturated heterocycles. The molecule has 0 amide bonds. The zero-order valence-electron chi connectivity index (χ0n) is 17.0. The van der Waals surface area contributed by atoms with E-state index in [4.69, 9.17) is 9.73 Å². The van der Waals surface area contributed by atoms with Crippen molar-refractivity contribution in [1.82, 2.24) is 20.4 Å². The fraction of sp³-hybridized carbons (Fsp3) is 0.650. The molecule has 0 bridgehead atoms. The third-order valence-corrected chi connectivity index (χ3v) is 4.66. The van der Waals surface area contributed by atoms with Crippen molar-refractivity contribution in [2.75, 3.05) is 53.4 Å². The van der Waals surface area contributed by atoms with Crippen LogP contribution < -0.4 is 15.4 Å². The maximum Gasteiger partial charge on any atom is 0.191 e. The maximum absolute atomic E-state index is 5.97. The van der Waals surface area contributed by atoms with Gasteiger partial charge < -0.3 is 20.3 Å². The normalized spacial score (nSPS) is 20.7. The predicted octanol–water partition coefficient (Wildman–Crippen LogP) is 1.56. The predicted molar refractivity (Wildman–Crippen MR) is 109 cm³/mol. The Morgan fingerprint density at radius 3 is 2.85 bits per heavy atom. The second-order valence-corrected chi connectivity index (χ2v) is 7.24. The van der Waals surface area contributed by atoms with Gasteiger partial charge in [0.25, 0.3) is 0 Å². The minimum Gasteiger partial charge on any atom is -0.489 e. The first-order valence-corrected chi connectivity index (χ1v) is 9.62. The highest BCUT2D eigenvalue weighted by atomic mass is 16.5. The van der Waals surface area contributed by atoms with E-state index in [-0.39, 0.29) is 6.10 Å². The van der Waals surface area contributed by atoms with Gasteiger partial charge in [-0.3, -0.25) is 4.90 Å². The van der Waals surface area contributed by atoms with Crippen molar-refractivity contribution in [2.45, 2.75) is 32.9 Å². The van der Waals surface area contributed by atoms with Crippen molar-refractivity contribution in [3.63, 3.8) is 0 Å². The van der Waals surface area contributed by atoms with Crippen LogP contribution in [0.15, 0.2) is 29.3 Å². The second kappa shape index (κ2) is 10.4. The van der Waals surface area contributed by atoms with Gasteiger partial charge in [0.1, 0.15) is 11.9 Å². The Bertz CT molecular complexity index is 577. The molecule has 1 aromatic rings. The Kier molecular flexibility index (Phi) is 8.19. The smallest absolute Gasteiger partial charge is 0.191 e. The van der Waals surface area contributed by atoms with E-state index in [0.717, 1.165) is 44.4 Å². The summed E-state index contributed by atoms with van der Waals surface area (Å²) in [5.74, 6) is 1.76. The molecule has 0 radical (unpaired) electrons. The van der Waals surface area contributed by atoms with Gasteiger partial charge in [-0.05, 0) is 52.6 Å². The van der Waals surface area contributed by atoms with Crippen LogP contribution in [-0.4, -0.2) is 81.3 Å². The largest absolute Gasteiger partial charge is 0.489 e. The molecule has 1 aliphatic heterocycles. The lowest BCUT2D eigenvalue weighted by Crippen LogP contribution is -2.55. The van der Waals surface area contributed by atoms with E-state index in [1.54, 1.807) is 0 Å². The summed E-state index contributed by atoms with van der Waals surface area (Å²) in [5.41, 5.74) is 1.20. The summed E-state index contributed by atoms with van der Waals surface area (Å²) in [6, 6.07) is 8.64. The molecule has 146 valence electrons. The molecular formula is C20H35N5O. The van der Waals surface area contributed by atoms with Crippen LogP contribution in [0.25, 0.3) is 0 Å². The van der Waals surface area contributed by atoms with E-state index in [9.17, 15) is 0 Å². The fourth-order valence-electron chi connectivity index (χ4n) is 3.06. The summed E-state index contributed by atoms with van der Waals surface area (Å²) in [6.07, 6.45) is 0.0238. The minimum absolute atomic E-state index is 0.0238. The zero-order valence-corrected chi connectivity index (χ0v) is 17.0. The molecular weight excluding hydrogens is 326 g/mol. The maximum atomic E-state index is 5.97. The number of ether oxygens (including phenoxy) is 1. The highest BCUT2D eigenvalue weighted by Crippen LogP contribution is 2.14. The lowest BCUT2D eigenvalue weighted by atomic mass is 10.2. The van der Waals surface area contributed by atoms with E-state index in [1.165, 1.54) is 5.56 Å². The number of nitrogens with zero attached hydrogens (tertiary/aromatic N) is 3. The van der Waals surface area contributed by atoms with Crippen LogP contribution in [0.2, 0.25) is 0 Å². The van der Waals surface area contributed by atoms with Crippen LogP contribution in [0.3, 0.4) is 0 Å². The fourth-order valence-corrected chi connectivity index (χ4v) is 3.06. The number of aryl methyl sites for hydroxylation is 1. The first-order valence-electron chi connectivity index (χ1n) is 9.62. The van der Waals surface area contributed by atoms with Crippen molar-refractivity contribution in [1.29, 1.82) is 0 Å². The first kappa shape index (κ1) is 20.5. The number of hydrogen-bond donors (Lipinski definition) is 2. The van der Waals surface area contributed by atoms with Gasteiger partial charge >= 0.3 is 0 Å². The molecule has 26 heavy (non-hydrogen) atoms. The molecule has 2 rings (SSSR count). The summed E-state index contributed by atoms with van der Waals surface area (Å²) in [7, 11) is 4.38. The third-order valence-electron chi connectivity index (χ3n) is 4.66. The Morgan fingerprint density at radius 2 is 2.12 bits per heavy atom. The molecule has 6 nitrogen and oxygen atoms in total. The van der Waals surface area contributed by atoms with Gasteiger partial charge in [-0.2, -0.15) is 0 Å². The van der Waals surface area contributed by atoms with Crippen molar-refractivity contribution in [2.24, 2.45) is 4.99 Å². The lowest BCUT2D eigenvalue weighted by Gasteiger charge is -2.37. The van der Waals surface area contributed by atoms with Crippen LogP contribution in [0.1, 0.15) is 19.4 Å². The topological polar surface area (TPSA) is 52.1 Å². The van der Waals surface area contributed by atoms with E-state index >= 15 is 0 Å². The minimum atomic E-state index is 0.0238. The van der Waals surface area contributed by atoms with Crippen molar-refractivity contribution >= 4 is 5.96 Å². The van der Waals surface area contributed by atoms with Crippen molar-refractivity contribution < 1.29 is 4.74 Å². The highest BCUT2D eigenvalue weighted by Gasteiger charge is 2.22. The molecule has 1 aromatic carbocycles. The van der Waals surface area contributed by atoms with E-state index < -0.39 is 0 Å². The molecule has 1 fully saturated rings. The van der Waals surface area contributed by atoms with E-state index in [2.05, 4.69) is 67.4 Å². The van der Waals surface area contributed by atoms with Crippen LogP contribution in [-0.2, 0) is 0 Å². The van der Waals surface area contributed by atoms with Gasteiger partial charge in [-0.1, -0.05) is 12.1 Å². The van der Waals surface area contributed by atoms with Gasteiger partial charge in [0, 0.05) is 38.8 Å². The molecule has 2 unspecified atom stereocenters. The van der Waals surface area contributed by atoms with E-state index in [1.807, 2.05) is 12.1 Å². The van der Waals surface area contributed by atoms with Crippen molar-refractivity contribution in [3.05, 3.63) is 29.8 Å². The molecule has 2 N–H and O–H groups in total. The quantitative estimate of drug-likeness (QED) is 0.570. The highest BCUT2D eigenvalue weighted by molar-refractivity contribution is 5.79. The van der Waals surface area contributed by atoms with E-state index in [0.29, 0.717) is 12.6 Å². The Balaban J connectivity index is 1.85. The molecule has 0 aliphatic carbocycles. The molecule has 1 aliphatic rings. The van der Waals surface area contributed by atoms with Crippen LogP contribution in [0.4, 0.5) is 0 Å². The van der Waals surface area contributed by atoms with Gasteiger partial charge in [0.05, 0.1) is 6.54 Å². The van der Waals surface area contributed by atoms with Gasteiger partial charge in [0.15, 0.2) is 5.96 Å². The number of hydrogen-bond acceptors (Lipinski definition) is 4. The Labute approximate surface area is 158 Å². The molecule has 0 saturated carbocycles. The summed E-state index contributed by atoms with van der Waals surface area (Å²) in [4.78, 5) is 9.50. The molecule has 0 aromatic heterocycles. The monoisotopic (exact) mass is 361 g/mol. The SMILES string of the molecule is CCNC(=NCC(C)Oc1cccc(C)c1)NCC1CN(C)CCN1C. The second-order valence-electron chi connectivity index (χ2n) is 7.24. The lowest BCUT2D eigenvalue weighted by molar-refractivity contribution is 0.116. The van der Waals surface area contributed by atoms with Crippen LogP contribution in [0.5, 0.6) is 5.75 Å². The standard InChI is InChI=1S/C20H35N5O/c1-6-21-20(23-14-18-15-24(4)10-11-25(18)5)22-13-17(3)26-19-9-7-8-16(2)12-19/h7-9,12,17-18H,6,10-11,13-15H2,1-5H3,(H2,21,22,23). The molecule has 0 spiro atoms. The Morgan fingerprint density at radius 1 is 1.31 bits per heavy atom. The van der Waals surface area contributed by atoms with Crippen LogP contribution in [0, 0.1) is 6.92 Å². The Hall–Kier alpha value is -1.79. The third kappa shape index (κ3) is 6.84. The molecule has 1 heterocycles. The molecule has 6 heteroatoms. The number of guanidine groups is 1. The summed E-state index contributed by atoms with van der Waals surface area (Å²) < 4.78 is 5.97. The van der Waals surface area contributed by atoms with Gasteiger partial charge in [0.2, 0.25) is 0 Å². The van der Waals surface area contributed by atoms with Crippen LogP contribution >= 0.6 is 0 Å². The number of aliphatic imine (C=N–C) groups is 1. The zero-order chi connectivity index (χ0) is 18.9. The number of benzene rings is 1. The average molecular weight is 362 g/mol. The number of nitrogens with one attached hydrogen (secondary N) is 2. The molecule has 2 atom stereocenters. The van der Waals surface area contributed by atoms with Gasteiger partial charge in [-0.15, -0.1) is 0 Å². The number of piperazine rings is 1. The summed E-state index contributed by atoms with van der Waals surface area (Å²) in [6.45, 7) is 11.9. The summed E-state index contributed by atoms with van der Waals surface area (Å²) in [5, 5.41) is 6.81. The first-order chi connectivity index (χ1) is 12.5.